The van der Waals surface area contributed by atoms with E-state index in [2.05, 4.69) is 159 Å². The maximum Gasteiger partial charge on any atom is 0.0998 e. The summed E-state index contributed by atoms with van der Waals surface area (Å²) in [6.07, 6.45) is 0. The van der Waals surface area contributed by atoms with Crippen molar-refractivity contribution in [1.82, 2.24) is 13.7 Å². The Morgan fingerprint density at radius 3 is 1.29 bits per heavy atom. The van der Waals surface area contributed by atoms with Gasteiger partial charge in [-0.15, -0.1) is 0 Å². The fourth-order valence-corrected chi connectivity index (χ4v) is 8.69. The van der Waals surface area contributed by atoms with Crippen LogP contribution in [0.1, 0.15) is 11.1 Å². The molecule has 0 fully saturated rings. The molecule has 0 atom stereocenters. The highest BCUT2D eigenvalue weighted by molar-refractivity contribution is 6.12. The molecule has 5 heteroatoms. The molecule has 3 aromatic heterocycles. The van der Waals surface area contributed by atoms with E-state index >= 15 is 0 Å². The molecule has 0 aliphatic rings. The molecule has 8 aromatic carbocycles. The fraction of sp³-hybridized carbons (Fsp3) is 0. The van der Waals surface area contributed by atoms with Crippen LogP contribution in [0.25, 0.3) is 93.6 Å². The Bertz CT molecular complexity index is 3400. The van der Waals surface area contributed by atoms with Gasteiger partial charge < -0.3 is 13.7 Å². The van der Waals surface area contributed by atoms with Crippen LogP contribution in [0.15, 0.2) is 176 Å². The lowest BCUT2D eigenvalue weighted by atomic mass is 9.99. The lowest BCUT2D eigenvalue weighted by Crippen LogP contribution is -1.98. The number of nitriles is 2. The molecule has 55 heavy (non-hydrogen) atoms. The van der Waals surface area contributed by atoms with E-state index in [0.29, 0.717) is 11.1 Å². The van der Waals surface area contributed by atoms with Crippen LogP contribution in [-0.2, 0) is 0 Å². The third-order valence-electron chi connectivity index (χ3n) is 11.1. The van der Waals surface area contributed by atoms with E-state index in [0.717, 1.165) is 61.0 Å². The smallest absolute Gasteiger partial charge is 0.0998 e. The SMILES string of the molecule is N#Cc1ccc2c3ccccc3n(-c3ccc(C#N)c(-c4ccc(-n5c6ccccc6c6ccc(-n7c8ccccc8c8ccccc87)cc65)cc4)c3)c2c1. The molecule has 0 N–H and O–H groups in total. The van der Waals surface area contributed by atoms with Gasteiger partial charge in [-0.25, -0.2) is 0 Å². The number of aromatic nitrogens is 3. The largest absolute Gasteiger partial charge is 0.309 e. The van der Waals surface area contributed by atoms with E-state index in [1.165, 1.54) is 32.6 Å². The summed E-state index contributed by atoms with van der Waals surface area (Å²) >= 11 is 0. The molecule has 0 saturated heterocycles. The van der Waals surface area contributed by atoms with Crippen molar-refractivity contribution in [3.63, 3.8) is 0 Å². The van der Waals surface area contributed by atoms with E-state index in [1.54, 1.807) is 0 Å². The Balaban J connectivity index is 1.07. The standard InChI is InChI=1S/C50H29N5/c51-30-32-17-25-42-40-11-4-8-16-48(40)55(49(42)27-32)36-23-20-34(31-52)44(28-36)33-18-21-35(22-19-33)53-45-13-5-3-12-41(45)43-26-24-37(29-50(43)53)54-46-14-6-1-9-38(46)39-10-2-7-15-47(39)54/h1-29H. The van der Waals surface area contributed by atoms with Gasteiger partial charge in [0.15, 0.2) is 0 Å². The van der Waals surface area contributed by atoms with Crippen molar-refractivity contribution in [3.05, 3.63) is 187 Å². The lowest BCUT2D eigenvalue weighted by Gasteiger charge is -2.14. The zero-order valence-electron chi connectivity index (χ0n) is 29.5. The second-order valence-corrected chi connectivity index (χ2v) is 14.0. The molecule has 11 rings (SSSR count). The van der Waals surface area contributed by atoms with E-state index in [1.807, 2.05) is 42.5 Å². The average molecular weight is 700 g/mol. The summed E-state index contributed by atoms with van der Waals surface area (Å²) in [6.45, 7) is 0. The molecule has 5 nitrogen and oxygen atoms in total. The summed E-state index contributed by atoms with van der Waals surface area (Å²) in [6, 6.07) is 66.0. The molecular formula is C50H29N5. The van der Waals surface area contributed by atoms with Crippen LogP contribution in [0.3, 0.4) is 0 Å². The van der Waals surface area contributed by atoms with E-state index in [9.17, 15) is 10.5 Å². The van der Waals surface area contributed by atoms with Crippen LogP contribution in [0.5, 0.6) is 0 Å². The Hall–Kier alpha value is -7.86. The highest BCUT2D eigenvalue weighted by Crippen LogP contribution is 2.38. The number of nitrogens with zero attached hydrogens (tertiary/aromatic N) is 5. The normalized spacial score (nSPS) is 11.6. The average Bonchev–Trinajstić information content (AvgIpc) is 3.88. The Morgan fingerprint density at radius 2 is 0.745 bits per heavy atom. The van der Waals surface area contributed by atoms with Crippen LogP contribution in [0, 0.1) is 22.7 Å². The van der Waals surface area contributed by atoms with Gasteiger partial charge in [0, 0.05) is 54.9 Å². The number of hydrogen-bond acceptors (Lipinski definition) is 2. The highest BCUT2D eigenvalue weighted by atomic mass is 15.0. The van der Waals surface area contributed by atoms with Gasteiger partial charge in [-0.05, 0) is 84.4 Å². The van der Waals surface area contributed by atoms with E-state index < -0.39 is 0 Å². The van der Waals surface area contributed by atoms with Crippen molar-refractivity contribution in [2.45, 2.75) is 0 Å². The molecule has 3 heterocycles. The van der Waals surface area contributed by atoms with E-state index in [-0.39, 0.29) is 0 Å². The zero-order valence-corrected chi connectivity index (χ0v) is 29.5. The number of hydrogen-bond donors (Lipinski definition) is 0. The third-order valence-corrected chi connectivity index (χ3v) is 11.1. The molecule has 0 aliphatic heterocycles. The Morgan fingerprint density at radius 1 is 0.327 bits per heavy atom. The number of para-hydroxylation sites is 4. The maximum atomic E-state index is 10.3. The predicted octanol–water partition coefficient (Wildman–Crippen LogP) is 12.4. The second kappa shape index (κ2) is 11.8. The molecule has 0 unspecified atom stereocenters. The Labute approximate surface area is 316 Å². The van der Waals surface area contributed by atoms with Gasteiger partial charge in [0.1, 0.15) is 0 Å². The highest BCUT2D eigenvalue weighted by Gasteiger charge is 2.18. The minimum atomic E-state index is 0.600. The number of fused-ring (bicyclic) bond motifs is 9. The van der Waals surface area contributed by atoms with Gasteiger partial charge in [0.25, 0.3) is 0 Å². The molecule has 0 saturated carbocycles. The van der Waals surface area contributed by atoms with Crippen LogP contribution in [0.2, 0.25) is 0 Å². The molecule has 0 radical (unpaired) electrons. The minimum absolute atomic E-state index is 0.600. The van der Waals surface area contributed by atoms with Crippen LogP contribution in [0.4, 0.5) is 0 Å². The molecule has 0 aliphatic carbocycles. The third kappa shape index (κ3) is 4.51. The van der Waals surface area contributed by atoms with Crippen molar-refractivity contribution in [3.8, 4) is 40.3 Å². The summed E-state index contributed by atoms with van der Waals surface area (Å²) < 4.78 is 6.90. The molecular weight excluding hydrogens is 671 g/mol. The van der Waals surface area contributed by atoms with Crippen LogP contribution < -0.4 is 0 Å². The van der Waals surface area contributed by atoms with Gasteiger partial charge in [-0.2, -0.15) is 10.5 Å². The lowest BCUT2D eigenvalue weighted by molar-refractivity contribution is 1.15. The van der Waals surface area contributed by atoms with Crippen molar-refractivity contribution in [1.29, 1.82) is 10.5 Å². The first kappa shape index (κ1) is 30.7. The van der Waals surface area contributed by atoms with Gasteiger partial charge in [-0.3, -0.25) is 0 Å². The summed E-state index contributed by atoms with van der Waals surface area (Å²) in [5, 5.41) is 27.1. The number of benzene rings is 8. The van der Waals surface area contributed by atoms with E-state index in [4.69, 9.17) is 0 Å². The monoisotopic (exact) mass is 699 g/mol. The molecule has 11 aromatic rings. The predicted molar refractivity (Wildman–Crippen MR) is 224 cm³/mol. The zero-order chi connectivity index (χ0) is 36.6. The first-order valence-corrected chi connectivity index (χ1v) is 18.3. The Kier molecular flexibility index (Phi) is 6.61. The summed E-state index contributed by atoms with van der Waals surface area (Å²) in [5.41, 5.74) is 12.7. The van der Waals surface area contributed by atoms with Crippen LogP contribution in [-0.4, -0.2) is 13.7 Å². The topological polar surface area (TPSA) is 62.4 Å². The minimum Gasteiger partial charge on any atom is -0.309 e. The summed E-state index contributed by atoms with van der Waals surface area (Å²) in [5.74, 6) is 0. The number of rotatable bonds is 4. The maximum absolute atomic E-state index is 10.3. The first-order valence-electron chi connectivity index (χ1n) is 18.3. The molecule has 0 bridgehead atoms. The summed E-state index contributed by atoms with van der Waals surface area (Å²) in [7, 11) is 0. The van der Waals surface area contributed by atoms with Crippen molar-refractivity contribution < 1.29 is 0 Å². The molecule has 0 spiro atoms. The molecule has 0 amide bonds. The van der Waals surface area contributed by atoms with Gasteiger partial charge in [-0.1, -0.05) is 97.1 Å². The summed E-state index contributed by atoms with van der Waals surface area (Å²) in [4.78, 5) is 0. The van der Waals surface area contributed by atoms with Crippen molar-refractivity contribution in [2.24, 2.45) is 0 Å². The van der Waals surface area contributed by atoms with Gasteiger partial charge >= 0.3 is 0 Å². The molecule has 254 valence electrons. The quantitative estimate of drug-likeness (QED) is 0.184. The van der Waals surface area contributed by atoms with Crippen molar-refractivity contribution >= 4 is 65.4 Å². The van der Waals surface area contributed by atoms with Crippen LogP contribution >= 0.6 is 0 Å². The van der Waals surface area contributed by atoms with Crippen molar-refractivity contribution in [2.75, 3.05) is 0 Å². The van der Waals surface area contributed by atoms with Gasteiger partial charge in [0.2, 0.25) is 0 Å². The first-order chi connectivity index (χ1) is 27.2. The fourth-order valence-electron chi connectivity index (χ4n) is 8.69. The second-order valence-electron chi connectivity index (χ2n) is 14.0. The van der Waals surface area contributed by atoms with Gasteiger partial charge in [0.05, 0.1) is 56.4 Å².